The van der Waals surface area contributed by atoms with E-state index in [-0.39, 0.29) is 18.6 Å². The van der Waals surface area contributed by atoms with Crippen LogP contribution in [-0.4, -0.2) is 116 Å². The van der Waals surface area contributed by atoms with E-state index >= 15 is 0 Å². The molecule has 4 atom stereocenters. The van der Waals surface area contributed by atoms with Gasteiger partial charge in [0, 0.05) is 37.5 Å². The summed E-state index contributed by atoms with van der Waals surface area (Å²) >= 11 is 0. The van der Waals surface area contributed by atoms with Crippen molar-refractivity contribution >= 4 is 17.6 Å². The van der Waals surface area contributed by atoms with E-state index in [0.717, 1.165) is 54.4 Å². The topological polar surface area (TPSA) is 77.4 Å². The minimum Gasteiger partial charge on any atom is -0.390 e. The van der Waals surface area contributed by atoms with E-state index < -0.39 is 17.6 Å². The maximum Gasteiger partial charge on any atom is 0.491 e. The molecule has 68 heavy (non-hydrogen) atoms. The summed E-state index contributed by atoms with van der Waals surface area (Å²) in [4.78, 5) is 24.7. The van der Waals surface area contributed by atoms with Crippen molar-refractivity contribution in [1.82, 2.24) is 0 Å². The molecule has 4 unspecified atom stereocenters. The van der Waals surface area contributed by atoms with Crippen LogP contribution in [0, 0.1) is 17.8 Å². The van der Waals surface area contributed by atoms with Crippen LogP contribution >= 0.6 is 0 Å². The molecule has 0 aliphatic carbocycles. The molecule has 1 heterocycles. The van der Waals surface area contributed by atoms with Gasteiger partial charge in [0.15, 0.2) is 0 Å². The number of unbranched alkanes of at least 4 members (excludes halogenated alkanes) is 30. The highest BCUT2D eigenvalue weighted by Gasteiger charge is 2.51. The first-order valence-corrected chi connectivity index (χ1v) is 34.2. The Morgan fingerprint density at radius 1 is 0.412 bits per heavy atom. The van der Waals surface area contributed by atoms with Crippen LogP contribution in [0.4, 0.5) is 0 Å². The lowest BCUT2D eigenvalue weighted by Gasteiger charge is -2.36. The Balaban J connectivity index is 2.60. The van der Waals surface area contributed by atoms with E-state index in [0.29, 0.717) is 37.1 Å². The fourth-order valence-electron chi connectivity index (χ4n) is 10.3. The lowest BCUT2D eigenvalue weighted by molar-refractivity contribution is -0.890. The van der Waals surface area contributed by atoms with Gasteiger partial charge in [-0.1, -0.05) is 221 Å². The minimum atomic E-state index is -3.81. The highest BCUT2D eigenvalue weighted by molar-refractivity contribution is 6.73. The molecule has 8 nitrogen and oxygen atoms in total. The largest absolute Gasteiger partial charge is 0.491 e. The van der Waals surface area contributed by atoms with Crippen molar-refractivity contribution in [1.29, 1.82) is 0 Å². The number of nitrogens with zero attached hydrogens (tertiary/aromatic N) is 2. The van der Waals surface area contributed by atoms with Crippen LogP contribution < -0.4 is 0 Å². The average Bonchev–Trinajstić information content (AvgIpc) is 3.29. The molecule has 0 aromatic rings. The summed E-state index contributed by atoms with van der Waals surface area (Å²) in [5.74, 6) is 0.896. The zero-order valence-corrected chi connectivity index (χ0v) is 49.8. The van der Waals surface area contributed by atoms with Gasteiger partial charge in [0.05, 0.1) is 73.7 Å². The summed E-state index contributed by atoms with van der Waals surface area (Å²) in [6.07, 6.45) is 46.7. The monoisotopic (exact) mass is 1000 g/mol. The highest BCUT2D eigenvalue weighted by atomic mass is 28.5. The summed E-state index contributed by atoms with van der Waals surface area (Å²) < 4.78 is 28.0. The van der Waals surface area contributed by atoms with Gasteiger partial charge in [-0.3, -0.25) is 0 Å². The minimum absolute atomic E-state index is 0.128. The van der Waals surface area contributed by atoms with E-state index in [1.54, 1.807) is 0 Å². The van der Waals surface area contributed by atoms with Gasteiger partial charge in [0.25, 0.3) is 0 Å². The molecule has 0 bridgehead atoms. The van der Waals surface area contributed by atoms with Crippen LogP contribution in [0.1, 0.15) is 266 Å². The third kappa shape index (κ3) is 38.7. The number of rotatable bonds is 45. The molecule has 1 rings (SSSR count). The Morgan fingerprint density at radius 3 is 1.01 bits per heavy atom. The predicted octanol–water partition coefficient (Wildman–Crippen LogP) is 16.1. The Kier molecular flexibility index (Phi) is 40.3. The summed E-state index contributed by atoms with van der Waals surface area (Å²) in [5.41, 5.74) is 0. The predicted molar refractivity (Wildman–Crippen MR) is 298 cm³/mol. The second-order valence-corrected chi connectivity index (χ2v) is 29.6. The van der Waals surface area contributed by atoms with Crippen molar-refractivity contribution in [3.05, 3.63) is 0 Å². The van der Waals surface area contributed by atoms with E-state index in [4.69, 9.17) is 17.7 Å². The molecule has 0 radical (unpaired) electrons. The second-order valence-electron chi connectivity index (χ2n) is 24.3. The van der Waals surface area contributed by atoms with Crippen LogP contribution in [0.5, 0.6) is 0 Å². The first-order valence-electron chi connectivity index (χ1n) is 30.2. The summed E-state index contributed by atoms with van der Waals surface area (Å²) in [6.45, 7) is 18.8. The van der Waals surface area contributed by atoms with Crippen molar-refractivity contribution in [3.63, 3.8) is 0 Å². The number of hydrogen-bond donors (Lipinski definition) is 2. The van der Waals surface area contributed by atoms with Crippen LogP contribution in [-0.2, 0) is 17.7 Å². The van der Waals surface area contributed by atoms with Crippen molar-refractivity contribution in [2.75, 3.05) is 74.2 Å². The lowest BCUT2D eigenvalue weighted by atomic mass is 9.98. The highest BCUT2D eigenvalue weighted by Crippen LogP contribution is 2.28. The maximum atomic E-state index is 12.4. The Bertz CT molecular complexity index is 1120. The zero-order valence-electron chi connectivity index (χ0n) is 47.8. The van der Waals surface area contributed by atoms with Gasteiger partial charge in [0.2, 0.25) is 0 Å². The molecular weight excluding hydrogens is 877 g/mol. The molecule has 1 fully saturated rings. The smallest absolute Gasteiger partial charge is 0.390 e. The number of hydrogen-bond acceptors (Lipinski definition) is 6. The molecule has 0 saturated carbocycles. The molecule has 408 valence electrons. The van der Waals surface area contributed by atoms with E-state index in [1.807, 2.05) is 0 Å². The van der Waals surface area contributed by atoms with Gasteiger partial charge in [-0.2, -0.15) is 0 Å². The normalized spacial score (nSPS) is 21.3. The van der Waals surface area contributed by atoms with Gasteiger partial charge >= 0.3 is 17.6 Å². The fourth-order valence-corrected chi connectivity index (χ4v) is 16.0. The Labute approximate surface area is 428 Å². The van der Waals surface area contributed by atoms with Crippen LogP contribution in [0.15, 0.2) is 0 Å². The lowest BCUT2D eigenvalue weighted by Crippen LogP contribution is -2.57. The molecule has 1 saturated heterocycles. The van der Waals surface area contributed by atoms with E-state index in [1.165, 1.54) is 205 Å². The third-order valence-electron chi connectivity index (χ3n) is 15.3. The first-order chi connectivity index (χ1) is 32.5. The van der Waals surface area contributed by atoms with Crippen molar-refractivity contribution in [3.8, 4) is 0 Å². The third-order valence-corrected chi connectivity index (χ3v) is 21.1. The Morgan fingerprint density at radius 2 is 0.706 bits per heavy atom. The molecule has 2 N–H and O–H groups in total. The zero-order chi connectivity index (χ0) is 50.3. The molecule has 0 aromatic carbocycles. The number of ether oxygens (including phenoxy) is 1. The molecule has 10 heteroatoms. The van der Waals surface area contributed by atoms with Crippen molar-refractivity contribution in [2.24, 2.45) is 17.8 Å². The van der Waals surface area contributed by atoms with Crippen molar-refractivity contribution in [2.45, 2.75) is 284 Å². The Hall–Kier alpha value is 0.114. The SMILES string of the molecule is CCCCCCCCCCCCCCCCCC[N+](C)(C)CCC[Si]1(O)OCC(CC(C)C)OCC(C(C)C)CO[Si](O)(CCC[N+](C)(C)CCCCCCCCCCCCCCCCCC)O1. The van der Waals surface area contributed by atoms with Gasteiger partial charge in [-0.25, -0.2) is 0 Å². The molecule has 1 aliphatic rings. The van der Waals surface area contributed by atoms with Crippen molar-refractivity contribution < 1.29 is 36.3 Å². The fraction of sp³-hybridized carbons (Fsp3) is 1.00. The second kappa shape index (κ2) is 41.5. The quantitative estimate of drug-likeness (QED) is 0.0360. The molecule has 0 aromatic heterocycles. The molecule has 1 aliphatic heterocycles. The van der Waals surface area contributed by atoms with Gasteiger partial charge in [-0.05, 0) is 43.9 Å². The van der Waals surface area contributed by atoms with Crippen LogP contribution in [0.2, 0.25) is 12.1 Å². The van der Waals surface area contributed by atoms with Crippen LogP contribution in [0.25, 0.3) is 0 Å². The molecular formula is C58H124N2O6Si2+2. The molecule has 0 amide bonds. The first kappa shape index (κ1) is 66.1. The van der Waals surface area contributed by atoms with Gasteiger partial charge < -0.3 is 36.3 Å². The summed E-state index contributed by atoms with van der Waals surface area (Å²) in [5, 5.41) is 0. The summed E-state index contributed by atoms with van der Waals surface area (Å²) in [6, 6.07) is 0.864. The van der Waals surface area contributed by atoms with Gasteiger partial charge in [-0.15, -0.1) is 0 Å². The van der Waals surface area contributed by atoms with Crippen LogP contribution in [0.3, 0.4) is 0 Å². The number of quaternary nitrogens is 2. The molecule has 0 spiro atoms. The average molecular weight is 1000 g/mol. The van der Waals surface area contributed by atoms with Gasteiger partial charge in [0.1, 0.15) is 0 Å². The maximum absolute atomic E-state index is 12.4. The van der Waals surface area contributed by atoms with E-state index in [2.05, 4.69) is 69.7 Å². The summed E-state index contributed by atoms with van der Waals surface area (Å²) in [7, 11) is 1.70. The van der Waals surface area contributed by atoms with E-state index in [9.17, 15) is 9.59 Å². The standard InChI is InChI=1S/C58H124N2O6Si2/c1-11-13-15-17-19-21-23-25-27-29-31-33-35-37-39-41-45-59(7,8)47-43-49-67(61)64-53-57(56(5)6)52-63-58(51-55(3)4)54-65-68(62,66-67)50-44-48-60(9,10)46-42-40-38-36-34-32-30-28-26-24-22-20-18-16-14-12-2/h55-58,61-62H,11-54H2,1-10H3/q+2.